The first-order valence-corrected chi connectivity index (χ1v) is 7.37. The third-order valence-electron chi connectivity index (χ3n) is 3.43. The van der Waals surface area contributed by atoms with E-state index in [1.807, 2.05) is 18.2 Å². The van der Waals surface area contributed by atoms with Gasteiger partial charge in [-0.15, -0.1) is 10.2 Å². The molecule has 1 heterocycles. The molecule has 0 fully saturated rings. The molecule has 0 bridgehead atoms. The highest BCUT2D eigenvalue weighted by Gasteiger charge is 2.19. The smallest absolute Gasteiger partial charge is 0.273 e. The van der Waals surface area contributed by atoms with E-state index < -0.39 is 5.91 Å². The van der Waals surface area contributed by atoms with Gasteiger partial charge in [0.2, 0.25) is 0 Å². The molecule has 3 aromatic rings. The Balaban J connectivity index is 2.36. The van der Waals surface area contributed by atoms with Crippen molar-refractivity contribution < 1.29 is 9.53 Å². The number of benzene rings is 2. The average molecular weight is 348 g/mol. The van der Waals surface area contributed by atoms with Gasteiger partial charge in [0, 0.05) is 16.5 Å². The van der Waals surface area contributed by atoms with E-state index in [9.17, 15) is 4.79 Å². The Hall–Kier alpha value is -2.37. The Kier molecular flexibility index (Phi) is 4.07. The lowest BCUT2D eigenvalue weighted by molar-refractivity contribution is 0.0991. The van der Waals surface area contributed by atoms with Gasteiger partial charge in [-0.1, -0.05) is 47.5 Å². The van der Waals surface area contributed by atoms with Crippen LogP contribution in [-0.4, -0.2) is 23.2 Å². The Morgan fingerprint density at radius 3 is 2.48 bits per heavy atom. The monoisotopic (exact) mass is 347 g/mol. The molecule has 0 saturated carbocycles. The zero-order valence-electron chi connectivity index (χ0n) is 12.0. The van der Waals surface area contributed by atoms with Crippen LogP contribution in [0.15, 0.2) is 36.4 Å². The Labute approximate surface area is 142 Å². The highest BCUT2D eigenvalue weighted by Crippen LogP contribution is 2.38. The van der Waals surface area contributed by atoms with Crippen molar-refractivity contribution in [1.29, 1.82) is 0 Å². The normalized spacial score (nSPS) is 10.7. The van der Waals surface area contributed by atoms with E-state index in [1.54, 1.807) is 18.2 Å². The van der Waals surface area contributed by atoms with Crippen molar-refractivity contribution in [2.45, 2.75) is 0 Å². The van der Waals surface area contributed by atoms with E-state index >= 15 is 0 Å². The van der Waals surface area contributed by atoms with Crippen molar-refractivity contribution in [1.82, 2.24) is 10.2 Å². The molecule has 1 aromatic heterocycles. The summed E-state index contributed by atoms with van der Waals surface area (Å²) in [5, 5.41) is 9.49. The number of nitrogens with zero attached hydrogens (tertiary/aromatic N) is 2. The molecule has 0 aliphatic carbocycles. The maximum Gasteiger partial charge on any atom is 0.273 e. The second-order valence-electron chi connectivity index (χ2n) is 4.75. The predicted octanol–water partition coefficient (Wildman–Crippen LogP) is 3.71. The highest BCUT2D eigenvalue weighted by molar-refractivity contribution is 6.43. The second kappa shape index (κ2) is 6.02. The van der Waals surface area contributed by atoms with Crippen LogP contribution in [0, 0.1) is 0 Å². The summed E-state index contributed by atoms with van der Waals surface area (Å²) >= 11 is 12.4. The number of primary amides is 1. The molecule has 2 aromatic carbocycles. The van der Waals surface area contributed by atoms with Gasteiger partial charge in [0.25, 0.3) is 5.91 Å². The first-order chi connectivity index (χ1) is 11.0. The van der Waals surface area contributed by atoms with E-state index in [4.69, 9.17) is 33.7 Å². The standard InChI is InChI=1S/C16H11Cl2N3O2/c1-23-15-10-6-2-5-9(8-4-3-7-11(17)12(8)18)13(10)20-21-14(15)16(19)22/h2-7H,1H3,(H2,19,22). The van der Waals surface area contributed by atoms with Crippen molar-refractivity contribution >= 4 is 40.0 Å². The summed E-state index contributed by atoms with van der Waals surface area (Å²) in [5.74, 6) is -0.426. The summed E-state index contributed by atoms with van der Waals surface area (Å²) < 4.78 is 5.30. The maximum atomic E-state index is 11.5. The third kappa shape index (κ3) is 2.58. The largest absolute Gasteiger partial charge is 0.493 e. The molecule has 0 atom stereocenters. The number of carbonyl (C=O) groups excluding carboxylic acids is 1. The molecule has 2 N–H and O–H groups in total. The number of hydrogen-bond acceptors (Lipinski definition) is 4. The highest BCUT2D eigenvalue weighted by atomic mass is 35.5. The van der Waals surface area contributed by atoms with Gasteiger partial charge in [-0.25, -0.2) is 0 Å². The number of halogens is 2. The van der Waals surface area contributed by atoms with Gasteiger partial charge in [0.05, 0.1) is 17.2 Å². The number of fused-ring (bicyclic) bond motifs is 1. The van der Waals surface area contributed by atoms with Gasteiger partial charge in [0.15, 0.2) is 11.4 Å². The molecule has 0 saturated heterocycles. The summed E-state index contributed by atoms with van der Waals surface area (Å²) in [4.78, 5) is 11.5. The van der Waals surface area contributed by atoms with Gasteiger partial charge in [-0.05, 0) is 12.1 Å². The Bertz CT molecular complexity index is 929. The Morgan fingerprint density at radius 1 is 1.09 bits per heavy atom. The van der Waals surface area contributed by atoms with Crippen LogP contribution in [0.1, 0.15) is 10.5 Å². The van der Waals surface area contributed by atoms with Gasteiger partial charge in [0.1, 0.15) is 5.52 Å². The fourth-order valence-corrected chi connectivity index (χ4v) is 2.81. The molecule has 0 aliphatic rings. The molecule has 0 unspecified atom stereocenters. The minimum Gasteiger partial charge on any atom is -0.493 e. The van der Waals surface area contributed by atoms with E-state index in [0.29, 0.717) is 26.5 Å². The zero-order chi connectivity index (χ0) is 16.6. The number of aromatic nitrogens is 2. The van der Waals surface area contributed by atoms with Crippen LogP contribution in [0.2, 0.25) is 10.0 Å². The zero-order valence-corrected chi connectivity index (χ0v) is 13.5. The predicted molar refractivity (Wildman–Crippen MR) is 90.1 cm³/mol. The van der Waals surface area contributed by atoms with Crippen molar-refractivity contribution in [3.05, 3.63) is 52.1 Å². The van der Waals surface area contributed by atoms with Gasteiger partial charge >= 0.3 is 0 Å². The van der Waals surface area contributed by atoms with E-state index in [0.717, 1.165) is 5.56 Å². The topological polar surface area (TPSA) is 78.1 Å². The molecule has 5 nitrogen and oxygen atoms in total. The Morgan fingerprint density at radius 2 is 1.78 bits per heavy atom. The second-order valence-corrected chi connectivity index (χ2v) is 5.53. The van der Waals surface area contributed by atoms with Crippen molar-refractivity contribution in [2.75, 3.05) is 7.11 Å². The molecular formula is C16H11Cl2N3O2. The lowest BCUT2D eigenvalue weighted by atomic mass is 10.0. The first kappa shape index (κ1) is 15.5. The number of methoxy groups -OCH3 is 1. The number of amides is 1. The number of rotatable bonds is 3. The fraction of sp³-hybridized carbons (Fsp3) is 0.0625. The van der Waals surface area contributed by atoms with Gasteiger partial charge in [-0.2, -0.15) is 0 Å². The lowest BCUT2D eigenvalue weighted by Gasteiger charge is -2.12. The molecular weight excluding hydrogens is 337 g/mol. The summed E-state index contributed by atoms with van der Waals surface area (Å²) in [6, 6.07) is 10.8. The fourth-order valence-electron chi connectivity index (χ4n) is 2.40. The molecule has 23 heavy (non-hydrogen) atoms. The van der Waals surface area contributed by atoms with Crippen molar-refractivity contribution in [3.63, 3.8) is 0 Å². The summed E-state index contributed by atoms with van der Waals surface area (Å²) in [7, 11) is 1.45. The number of hydrogen-bond donors (Lipinski definition) is 1. The molecule has 0 spiro atoms. The number of ether oxygens (including phenoxy) is 1. The lowest BCUT2D eigenvalue weighted by Crippen LogP contribution is -2.15. The van der Waals surface area contributed by atoms with Crippen LogP contribution in [0.25, 0.3) is 22.0 Å². The van der Waals surface area contributed by atoms with E-state index in [2.05, 4.69) is 10.2 Å². The summed E-state index contributed by atoms with van der Waals surface area (Å²) in [6.07, 6.45) is 0. The van der Waals surface area contributed by atoms with E-state index in [-0.39, 0.29) is 11.4 Å². The van der Waals surface area contributed by atoms with Crippen LogP contribution in [0.5, 0.6) is 5.75 Å². The van der Waals surface area contributed by atoms with Crippen LogP contribution in [0.4, 0.5) is 0 Å². The molecule has 1 amide bonds. The first-order valence-electron chi connectivity index (χ1n) is 6.62. The quantitative estimate of drug-likeness (QED) is 0.783. The maximum absolute atomic E-state index is 11.5. The van der Waals surface area contributed by atoms with E-state index in [1.165, 1.54) is 7.11 Å². The molecule has 116 valence electrons. The minimum absolute atomic E-state index is 0.0191. The van der Waals surface area contributed by atoms with Gasteiger partial charge in [-0.3, -0.25) is 4.79 Å². The van der Waals surface area contributed by atoms with Crippen LogP contribution in [-0.2, 0) is 0 Å². The van der Waals surface area contributed by atoms with Crippen molar-refractivity contribution in [3.8, 4) is 16.9 Å². The minimum atomic E-state index is -0.706. The molecule has 7 heteroatoms. The van der Waals surface area contributed by atoms with Crippen LogP contribution in [0.3, 0.4) is 0 Å². The van der Waals surface area contributed by atoms with Crippen LogP contribution < -0.4 is 10.5 Å². The third-order valence-corrected chi connectivity index (χ3v) is 4.24. The summed E-state index contributed by atoms with van der Waals surface area (Å²) in [6.45, 7) is 0. The SMILES string of the molecule is COc1c(C(N)=O)nnc2c(-c3cccc(Cl)c3Cl)cccc12. The number of carbonyl (C=O) groups is 1. The molecule has 3 rings (SSSR count). The molecule has 0 radical (unpaired) electrons. The van der Waals surface area contributed by atoms with Gasteiger partial charge < -0.3 is 10.5 Å². The van der Waals surface area contributed by atoms with Crippen molar-refractivity contribution in [2.24, 2.45) is 5.73 Å². The average Bonchev–Trinajstić information content (AvgIpc) is 2.55. The molecule has 0 aliphatic heterocycles. The van der Waals surface area contributed by atoms with Crippen LogP contribution >= 0.6 is 23.2 Å². The number of nitrogens with two attached hydrogens (primary N) is 1. The summed E-state index contributed by atoms with van der Waals surface area (Å²) in [5.41, 5.74) is 7.28.